The molecule has 0 saturated heterocycles. The summed E-state index contributed by atoms with van der Waals surface area (Å²) in [5.41, 5.74) is 3.31. The molecule has 0 aliphatic rings. The van der Waals surface area contributed by atoms with Crippen LogP contribution in [0.25, 0.3) is 12.2 Å². The summed E-state index contributed by atoms with van der Waals surface area (Å²) < 4.78 is 38.5. The van der Waals surface area contributed by atoms with Crippen molar-refractivity contribution in [2.75, 3.05) is 24.8 Å². The minimum Gasteiger partial charge on any atom is -0.443 e. The Kier molecular flexibility index (Phi) is 10.1. The number of rotatable bonds is 10. The zero-order valence-electron chi connectivity index (χ0n) is 21.6. The Bertz CT molecular complexity index is 1090. The first-order chi connectivity index (χ1) is 16.2. The van der Waals surface area contributed by atoms with Crippen LogP contribution < -0.4 is 4.90 Å². The standard InChI is InChI=1S/C27H37NO6S/c1-20(34-35(7,30)31)18-19-32-21(2)24-14-10-22(11-15-24)8-9-23-12-16-25(17-13-23)28(6)26(29)33-27(3,4)5/h8-17,20-21H,18-19H2,1-7H3/b9-8+. The minimum atomic E-state index is -3.45. The third-order valence-corrected chi connectivity index (χ3v) is 5.73. The summed E-state index contributed by atoms with van der Waals surface area (Å²) in [5.74, 6) is 0. The molecule has 2 rings (SSSR count). The Labute approximate surface area is 209 Å². The van der Waals surface area contributed by atoms with Gasteiger partial charge in [0.25, 0.3) is 10.1 Å². The molecule has 1 amide bonds. The topological polar surface area (TPSA) is 82.1 Å². The van der Waals surface area contributed by atoms with Crippen molar-refractivity contribution in [1.29, 1.82) is 0 Å². The second-order valence-corrected chi connectivity index (χ2v) is 11.1. The molecule has 0 saturated carbocycles. The molecule has 0 aromatic heterocycles. The highest BCUT2D eigenvalue weighted by atomic mass is 32.2. The van der Waals surface area contributed by atoms with Crippen LogP contribution in [0.4, 0.5) is 10.5 Å². The second kappa shape index (κ2) is 12.3. The first-order valence-electron chi connectivity index (χ1n) is 11.6. The number of hydrogen-bond donors (Lipinski definition) is 0. The highest BCUT2D eigenvalue weighted by Gasteiger charge is 2.20. The molecule has 0 radical (unpaired) electrons. The summed E-state index contributed by atoms with van der Waals surface area (Å²) in [6, 6.07) is 15.7. The van der Waals surface area contributed by atoms with E-state index in [1.807, 2.05) is 88.4 Å². The number of carbonyl (C=O) groups is 1. The monoisotopic (exact) mass is 503 g/mol. The smallest absolute Gasteiger partial charge is 0.414 e. The van der Waals surface area contributed by atoms with Crippen molar-refractivity contribution in [2.24, 2.45) is 0 Å². The highest BCUT2D eigenvalue weighted by Crippen LogP contribution is 2.21. The summed E-state index contributed by atoms with van der Waals surface area (Å²) in [5, 5.41) is 0. The third-order valence-electron chi connectivity index (χ3n) is 5.05. The van der Waals surface area contributed by atoms with Gasteiger partial charge >= 0.3 is 6.09 Å². The highest BCUT2D eigenvalue weighted by molar-refractivity contribution is 7.86. The van der Waals surface area contributed by atoms with Crippen molar-refractivity contribution >= 4 is 34.1 Å². The molecule has 0 spiro atoms. The third kappa shape index (κ3) is 10.6. The van der Waals surface area contributed by atoms with Crippen LogP contribution in [0.2, 0.25) is 0 Å². The lowest BCUT2D eigenvalue weighted by Crippen LogP contribution is -2.34. The molecule has 2 aromatic carbocycles. The average Bonchev–Trinajstić information content (AvgIpc) is 2.75. The van der Waals surface area contributed by atoms with Gasteiger partial charge in [0.15, 0.2) is 0 Å². The SMILES string of the molecule is CC(CCOC(C)c1ccc(/C=C/c2ccc(N(C)C(=O)OC(C)(C)C)cc2)cc1)OS(C)(=O)=O. The van der Waals surface area contributed by atoms with E-state index >= 15 is 0 Å². The lowest BCUT2D eigenvalue weighted by molar-refractivity contribution is 0.0466. The maximum Gasteiger partial charge on any atom is 0.414 e. The average molecular weight is 504 g/mol. The second-order valence-electron chi connectivity index (χ2n) is 9.54. The van der Waals surface area contributed by atoms with Gasteiger partial charge in [0, 0.05) is 19.3 Å². The van der Waals surface area contributed by atoms with Crippen molar-refractivity contribution in [3.8, 4) is 0 Å². The molecule has 2 unspecified atom stereocenters. The molecule has 192 valence electrons. The number of amides is 1. The van der Waals surface area contributed by atoms with Crippen LogP contribution in [0.5, 0.6) is 0 Å². The van der Waals surface area contributed by atoms with Crippen molar-refractivity contribution in [1.82, 2.24) is 0 Å². The van der Waals surface area contributed by atoms with Crippen LogP contribution in [0.3, 0.4) is 0 Å². The Morgan fingerprint density at radius 3 is 1.97 bits per heavy atom. The van der Waals surface area contributed by atoms with E-state index in [1.54, 1.807) is 14.0 Å². The van der Waals surface area contributed by atoms with Gasteiger partial charge in [-0.05, 0) is 69.9 Å². The Hall–Kier alpha value is -2.68. The first-order valence-corrected chi connectivity index (χ1v) is 13.4. The molecular formula is C27H37NO6S. The molecule has 8 heteroatoms. The number of ether oxygens (including phenoxy) is 2. The van der Waals surface area contributed by atoms with Crippen LogP contribution >= 0.6 is 0 Å². The molecule has 0 bridgehead atoms. The van der Waals surface area contributed by atoms with Gasteiger partial charge in [0.2, 0.25) is 0 Å². The Balaban J connectivity index is 1.89. The summed E-state index contributed by atoms with van der Waals surface area (Å²) >= 11 is 0. The number of hydrogen-bond acceptors (Lipinski definition) is 6. The van der Waals surface area contributed by atoms with E-state index in [2.05, 4.69) is 0 Å². The Morgan fingerprint density at radius 1 is 0.971 bits per heavy atom. The van der Waals surface area contributed by atoms with Crippen molar-refractivity contribution in [2.45, 2.75) is 58.8 Å². The molecule has 0 N–H and O–H groups in total. The summed E-state index contributed by atoms with van der Waals surface area (Å²) in [7, 11) is -1.77. The molecule has 2 atom stereocenters. The molecule has 0 aliphatic heterocycles. The van der Waals surface area contributed by atoms with Crippen LogP contribution in [0.15, 0.2) is 48.5 Å². The van der Waals surface area contributed by atoms with Gasteiger partial charge < -0.3 is 9.47 Å². The number of benzene rings is 2. The fourth-order valence-electron chi connectivity index (χ4n) is 3.17. The van der Waals surface area contributed by atoms with Gasteiger partial charge in [-0.15, -0.1) is 0 Å². The van der Waals surface area contributed by atoms with E-state index in [0.717, 1.165) is 28.6 Å². The fourth-order valence-corrected chi connectivity index (χ4v) is 3.86. The van der Waals surface area contributed by atoms with E-state index in [-0.39, 0.29) is 6.10 Å². The van der Waals surface area contributed by atoms with Crippen molar-refractivity contribution in [3.05, 3.63) is 65.2 Å². The lowest BCUT2D eigenvalue weighted by atomic mass is 10.1. The van der Waals surface area contributed by atoms with Gasteiger partial charge in [-0.2, -0.15) is 8.42 Å². The molecule has 0 aliphatic carbocycles. The number of carbonyl (C=O) groups excluding carboxylic acids is 1. The number of nitrogens with zero attached hydrogens (tertiary/aromatic N) is 1. The lowest BCUT2D eigenvalue weighted by Gasteiger charge is -2.24. The van der Waals surface area contributed by atoms with Gasteiger partial charge in [-0.1, -0.05) is 48.6 Å². The van der Waals surface area contributed by atoms with E-state index in [9.17, 15) is 13.2 Å². The largest absolute Gasteiger partial charge is 0.443 e. The van der Waals surface area contributed by atoms with Crippen molar-refractivity contribution in [3.63, 3.8) is 0 Å². The minimum absolute atomic E-state index is 0.118. The Morgan fingerprint density at radius 2 is 1.49 bits per heavy atom. The van der Waals surface area contributed by atoms with E-state index in [0.29, 0.717) is 13.0 Å². The molecule has 0 heterocycles. The molecule has 2 aromatic rings. The first kappa shape index (κ1) is 28.6. The van der Waals surface area contributed by atoms with Crippen LogP contribution in [-0.4, -0.2) is 46.1 Å². The van der Waals surface area contributed by atoms with Crippen LogP contribution in [0.1, 0.15) is 63.8 Å². The summed E-state index contributed by atoms with van der Waals surface area (Å²) in [6.45, 7) is 9.60. The van der Waals surface area contributed by atoms with Crippen LogP contribution in [0, 0.1) is 0 Å². The predicted molar refractivity (Wildman–Crippen MR) is 141 cm³/mol. The predicted octanol–water partition coefficient (Wildman–Crippen LogP) is 6.06. The zero-order valence-corrected chi connectivity index (χ0v) is 22.5. The van der Waals surface area contributed by atoms with Gasteiger partial charge in [-0.3, -0.25) is 9.08 Å². The van der Waals surface area contributed by atoms with E-state index in [4.69, 9.17) is 13.7 Å². The molecule has 35 heavy (non-hydrogen) atoms. The van der Waals surface area contributed by atoms with E-state index < -0.39 is 27.9 Å². The zero-order chi connectivity index (χ0) is 26.2. The maximum atomic E-state index is 12.2. The fraction of sp³-hybridized carbons (Fsp3) is 0.444. The van der Waals surface area contributed by atoms with E-state index in [1.165, 1.54) is 4.90 Å². The van der Waals surface area contributed by atoms with Crippen LogP contribution in [-0.2, 0) is 23.8 Å². The van der Waals surface area contributed by atoms with Crippen molar-refractivity contribution < 1.29 is 26.9 Å². The quantitative estimate of drug-likeness (QED) is 0.289. The van der Waals surface area contributed by atoms with Gasteiger partial charge in [-0.25, -0.2) is 4.79 Å². The molecule has 7 nitrogen and oxygen atoms in total. The normalized spacial score (nSPS) is 14.0. The van der Waals surface area contributed by atoms with Gasteiger partial charge in [0.1, 0.15) is 5.60 Å². The molecule has 0 fully saturated rings. The molecular weight excluding hydrogens is 466 g/mol. The summed E-state index contributed by atoms with van der Waals surface area (Å²) in [6.07, 6.45) is 4.63. The number of anilines is 1. The maximum absolute atomic E-state index is 12.2. The summed E-state index contributed by atoms with van der Waals surface area (Å²) in [4.78, 5) is 13.7. The van der Waals surface area contributed by atoms with Gasteiger partial charge in [0.05, 0.1) is 18.5 Å².